The molecule has 0 unspecified atom stereocenters. The molecular weight excluding hydrogens is 286 g/mol. The highest BCUT2D eigenvalue weighted by atomic mass is 35.5. The lowest BCUT2D eigenvalue weighted by Gasteiger charge is -2.26. The van der Waals surface area contributed by atoms with Crippen molar-refractivity contribution in [2.24, 2.45) is 0 Å². The average molecular weight is 308 g/mol. The number of nitrogens with zero attached hydrogens (tertiary/aromatic N) is 3. The molecule has 0 amide bonds. The largest absolute Gasteiger partial charge is 0.379 e. The Bertz CT molecular complexity index is 605. The number of aromatic nitrogens is 2. The second-order valence-corrected chi connectivity index (χ2v) is 5.88. The Kier molecular flexibility index (Phi) is 4.78. The minimum absolute atomic E-state index is 0.464. The molecule has 21 heavy (non-hydrogen) atoms. The van der Waals surface area contributed by atoms with E-state index >= 15 is 0 Å². The minimum atomic E-state index is 0.464. The summed E-state index contributed by atoms with van der Waals surface area (Å²) in [7, 11) is 0. The van der Waals surface area contributed by atoms with E-state index < -0.39 is 0 Å². The summed E-state index contributed by atoms with van der Waals surface area (Å²) in [6.07, 6.45) is 1.11. The van der Waals surface area contributed by atoms with Crippen molar-refractivity contribution in [3.05, 3.63) is 29.6 Å². The first-order valence-corrected chi connectivity index (χ1v) is 8.13. The van der Waals surface area contributed by atoms with Crippen LogP contribution in [0.15, 0.2) is 18.2 Å². The Morgan fingerprint density at radius 3 is 2.81 bits per heavy atom. The van der Waals surface area contributed by atoms with Gasteiger partial charge in [0, 0.05) is 26.2 Å². The standard InChI is InChI=1S/C16H22ClN3O/c1-13-3-4-15-14(11-13)18-16(12-17)20(15)6-2-5-19-7-9-21-10-8-19/h3-4,11H,2,5-10,12H2,1H3. The molecule has 2 aromatic rings. The Morgan fingerprint density at radius 2 is 2.05 bits per heavy atom. The number of ether oxygens (including phenoxy) is 1. The third kappa shape index (κ3) is 3.39. The van der Waals surface area contributed by atoms with Gasteiger partial charge in [0.25, 0.3) is 0 Å². The summed E-state index contributed by atoms with van der Waals surface area (Å²) in [5, 5.41) is 0. The number of morpholine rings is 1. The number of fused-ring (bicyclic) bond motifs is 1. The molecule has 1 aliphatic heterocycles. The van der Waals surface area contributed by atoms with E-state index in [1.165, 1.54) is 11.1 Å². The molecular formula is C16H22ClN3O. The van der Waals surface area contributed by atoms with E-state index in [0.29, 0.717) is 5.88 Å². The van der Waals surface area contributed by atoms with Crippen molar-refractivity contribution in [3.63, 3.8) is 0 Å². The molecule has 0 atom stereocenters. The van der Waals surface area contributed by atoms with Gasteiger partial charge in [-0.2, -0.15) is 0 Å². The maximum absolute atomic E-state index is 6.06. The molecule has 1 saturated heterocycles. The maximum Gasteiger partial charge on any atom is 0.124 e. The van der Waals surface area contributed by atoms with Crippen LogP contribution in [0.5, 0.6) is 0 Å². The quantitative estimate of drug-likeness (QED) is 0.796. The molecule has 5 heteroatoms. The molecule has 1 aliphatic rings. The van der Waals surface area contributed by atoms with Gasteiger partial charge < -0.3 is 9.30 Å². The first-order chi connectivity index (χ1) is 10.3. The zero-order chi connectivity index (χ0) is 14.7. The highest BCUT2D eigenvalue weighted by Gasteiger charge is 2.12. The van der Waals surface area contributed by atoms with E-state index in [0.717, 1.165) is 57.2 Å². The van der Waals surface area contributed by atoms with Gasteiger partial charge in [-0.15, -0.1) is 11.6 Å². The maximum atomic E-state index is 6.06. The van der Waals surface area contributed by atoms with Gasteiger partial charge in [-0.05, 0) is 31.0 Å². The normalized spacial score (nSPS) is 16.7. The van der Waals surface area contributed by atoms with Crippen LogP contribution in [-0.2, 0) is 17.2 Å². The van der Waals surface area contributed by atoms with Gasteiger partial charge in [0.2, 0.25) is 0 Å². The van der Waals surface area contributed by atoms with Gasteiger partial charge in [0.05, 0.1) is 30.1 Å². The van der Waals surface area contributed by atoms with Crippen LogP contribution in [0.4, 0.5) is 0 Å². The molecule has 114 valence electrons. The molecule has 0 bridgehead atoms. The summed E-state index contributed by atoms with van der Waals surface area (Å²) in [4.78, 5) is 7.12. The van der Waals surface area contributed by atoms with Crippen molar-refractivity contribution in [1.82, 2.24) is 14.5 Å². The lowest BCUT2D eigenvalue weighted by atomic mass is 10.2. The Hall–Kier alpha value is -1.10. The molecule has 0 radical (unpaired) electrons. The number of benzene rings is 1. The number of imidazole rings is 1. The fourth-order valence-corrected chi connectivity index (χ4v) is 3.12. The number of rotatable bonds is 5. The Labute approximate surface area is 130 Å². The molecule has 0 spiro atoms. The lowest BCUT2D eigenvalue weighted by Crippen LogP contribution is -2.37. The first-order valence-electron chi connectivity index (χ1n) is 7.60. The monoisotopic (exact) mass is 307 g/mol. The number of alkyl halides is 1. The average Bonchev–Trinajstić information content (AvgIpc) is 2.85. The molecule has 0 aliphatic carbocycles. The third-order valence-electron chi connectivity index (χ3n) is 4.06. The van der Waals surface area contributed by atoms with Crippen molar-refractivity contribution >= 4 is 22.6 Å². The van der Waals surface area contributed by atoms with Crippen molar-refractivity contribution < 1.29 is 4.74 Å². The first kappa shape index (κ1) is 14.8. The zero-order valence-electron chi connectivity index (χ0n) is 12.5. The number of hydrogen-bond donors (Lipinski definition) is 0. The van der Waals surface area contributed by atoms with Crippen LogP contribution >= 0.6 is 11.6 Å². The van der Waals surface area contributed by atoms with Crippen LogP contribution in [0.2, 0.25) is 0 Å². The van der Waals surface area contributed by atoms with Gasteiger partial charge >= 0.3 is 0 Å². The van der Waals surface area contributed by atoms with E-state index in [2.05, 4.69) is 39.6 Å². The lowest BCUT2D eigenvalue weighted by molar-refractivity contribution is 0.0369. The van der Waals surface area contributed by atoms with E-state index in [1.54, 1.807) is 0 Å². The van der Waals surface area contributed by atoms with Crippen LogP contribution in [0.1, 0.15) is 17.8 Å². The fourth-order valence-electron chi connectivity index (χ4n) is 2.92. The predicted octanol–water partition coefficient (Wildman–Crippen LogP) is 2.81. The van der Waals surface area contributed by atoms with E-state index in [4.69, 9.17) is 16.3 Å². The Balaban J connectivity index is 1.70. The molecule has 3 rings (SSSR count). The molecule has 0 N–H and O–H groups in total. The van der Waals surface area contributed by atoms with E-state index in [-0.39, 0.29) is 0 Å². The summed E-state index contributed by atoms with van der Waals surface area (Å²) in [5.74, 6) is 1.44. The predicted molar refractivity (Wildman–Crippen MR) is 85.9 cm³/mol. The van der Waals surface area contributed by atoms with Gasteiger partial charge in [-0.1, -0.05) is 6.07 Å². The zero-order valence-corrected chi connectivity index (χ0v) is 13.3. The fraction of sp³-hybridized carbons (Fsp3) is 0.562. The van der Waals surface area contributed by atoms with Crippen molar-refractivity contribution in [3.8, 4) is 0 Å². The summed E-state index contributed by atoms with van der Waals surface area (Å²) >= 11 is 6.06. The summed E-state index contributed by atoms with van der Waals surface area (Å²) in [5.41, 5.74) is 3.48. The van der Waals surface area contributed by atoms with Gasteiger partial charge in [0.1, 0.15) is 5.82 Å². The Morgan fingerprint density at radius 1 is 1.24 bits per heavy atom. The topological polar surface area (TPSA) is 30.3 Å². The van der Waals surface area contributed by atoms with E-state index in [9.17, 15) is 0 Å². The van der Waals surface area contributed by atoms with Gasteiger partial charge in [0.15, 0.2) is 0 Å². The molecule has 4 nitrogen and oxygen atoms in total. The number of aryl methyl sites for hydroxylation is 2. The van der Waals surface area contributed by atoms with Crippen molar-refractivity contribution in [2.45, 2.75) is 25.8 Å². The molecule has 1 aromatic heterocycles. The van der Waals surface area contributed by atoms with Crippen LogP contribution < -0.4 is 0 Å². The van der Waals surface area contributed by atoms with Gasteiger partial charge in [-0.3, -0.25) is 4.90 Å². The van der Waals surface area contributed by atoms with Crippen molar-refractivity contribution in [1.29, 1.82) is 0 Å². The molecule has 0 saturated carbocycles. The number of hydrogen-bond acceptors (Lipinski definition) is 3. The molecule has 2 heterocycles. The molecule has 1 fully saturated rings. The highest BCUT2D eigenvalue weighted by molar-refractivity contribution is 6.16. The summed E-state index contributed by atoms with van der Waals surface area (Å²) in [6.45, 7) is 7.99. The minimum Gasteiger partial charge on any atom is -0.379 e. The van der Waals surface area contributed by atoms with Crippen molar-refractivity contribution in [2.75, 3.05) is 32.8 Å². The third-order valence-corrected chi connectivity index (χ3v) is 4.30. The second-order valence-electron chi connectivity index (χ2n) is 5.61. The van der Waals surface area contributed by atoms with Gasteiger partial charge in [-0.25, -0.2) is 4.98 Å². The SMILES string of the molecule is Cc1ccc2c(c1)nc(CCl)n2CCCN1CCOCC1. The van der Waals surface area contributed by atoms with E-state index in [1.807, 2.05) is 0 Å². The number of halogens is 1. The second kappa shape index (κ2) is 6.77. The van der Waals surface area contributed by atoms with Crippen LogP contribution in [0.25, 0.3) is 11.0 Å². The van der Waals surface area contributed by atoms with Crippen LogP contribution in [0, 0.1) is 6.92 Å². The summed E-state index contributed by atoms with van der Waals surface area (Å²) in [6, 6.07) is 6.42. The smallest absolute Gasteiger partial charge is 0.124 e. The summed E-state index contributed by atoms with van der Waals surface area (Å²) < 4.78 is 7.65. The van der Waals surface area contributed by atoms with Crippen LogP contribution in [-0.4, -0.2) is 47.3 Å². The highest BCUT2D eigenvalue weighted by Crippen LogP contribution is 2.19. The van der Waals surface area contributed by atoms with Crippen LogP contribution in [0.3, 0.4) is 0 Å². The molecule has 1 aromatic carbocycles.